The molecule has 1 amide bonds. The second-order valence-corrected chi connectivity index (χ2v) is 13.7. The summed E-state index contributed by atoms with van der Waals surface area (Å²) in [5.74, 6) is -2.72. The van der Waals surface area contributed by atoms with Crippen molar-refractivity contribution >= 4 is 44.6 Å². The molecule has 1 fully saturated rings. The average Bonchev–Trinajstić information content (AvgIpc) is 3.12. The first-order chi connectivity index (χ1) is 18.8. The molecule has 12 heteroatoms. The van der Waals surface area contributed by atoms with Crippen molar-refractivity contribution in [3.05, 3.63) is 71.5 Å². The summed E-state index contributed by atoms with van der Waals surface area (Å²) >= 11 is 0. The van der Waals surface area contributed by atoms with Gasteiger partial charge in [-0.2, -0.15) is 8.78 Å². The average molecular weight is 592 g/mol. The molecule has 7 nitrogen and oxygen atoms in total. The van der Waals surface area contributed by atoms with Gasteiger partial charge in [0, 0.05) is 35.6 Å². The first kappa shape index (κ1) is 29.8. The van der Waals surface area contributed by atoms with Gasteiger partial charge in [-0.15, -0.1) is 9.24 Å². The fourth-order valence-corrected chi connectivity index (χ4v) is 6.36. The number of nitrogens with zero attached hydrogens (tertiary/aromatic N) is 2. The van der Waals surface area contributed by atoms with Crippen molar-refractivity contribution in [1.82, 2.24) is 4.98 Å². The maximum Gasteiger partial charge on any atom is 0.387 e. The number of amides is 1. The Hall–Kier alpha value is -3.22. The molecule has 1 aliphatic rings. The van der Waals surface area contributed by atoms with E-state index in [2.05, 4.69) is 19.0 Å². The van der Waals surface area contributed by atoms with Gasteiger partial charge in [-0.05, 0) is 68.0 Å². The molecule has 1 aliphatic heterocycles. The molecular formula is C28H29F3N2O5P2. The minimum atomic E-state index is -3.01. The Labute approximate surface area is 232 Å². The lowest BCUT2D eigenvalue weighted by Gasteiger charge is -2.26. The summed E-state index contributed by atoms with van der Waals surface area (Å²) in [6, 6.07) is 12.3. The lowest BCUT2D eigenvalue weighted by atomic mass is 9.80. The number of pyridine rings is 1. The highest BCUT2D eigenvalue weighted by Gasteiger charge is 2.49. The van der Waals surface area contributed by atoms with E-state index in [1.807, 2.05) is 0 Å². The van der Waals surface area contributed by atoms with E-state index in [-0.39, 0.29) is 29.1 Å². The van der Waals surface area contributed by atoms with E-state index < -0.39 is 49.1 Å². The zero-order valence-corrected chi connectivity index (χ0v) is 24.4. The second-order valence-electron chi connectivity index (χ2n) is 9.93. The quantitative estimate of drug-likeness (QED) is 0.257. The standard InChI is InChI=1S/C28H29F3N2O5P2/c1-15-25(26-20(29)12-18(37-2)13-22(26)39)19(14-21(34)16-8-10-17(11-9-16)38-28(30)31)27(35)33(15)23-6-5-7-24(32-23)40(3,4)36/h5-13,15,19,25,28H,14,39H2,1-4H3/t15-,19-,25+/m0/s1. The summed E-state index contributed by atoms with van der Waals surface area (Å²) in [5.41, 5.74) is 0.786. The number of aromatic nitrogens is 1. The molecule has 4 atom stereocenters. The van der Waals surface area contributed by atoms with Crippen LogP contribution in [0.3, 0.4) is 0 Å². The zero-order chi connectivity index (χ0) is 29.4. The lowest BCUT2D eigenvalue weighted by molar-refractivity contribution is -0.120. The van der Waals surface area contributed by atoms with Crippen LogP contribution in [0.15, 0.2) is 54.6 Å². The molecule has 4 rings (SSSR count). The van der Waals surface area contributed by atoms with Crippen LogP contribution in [-0.4, -0.2) is 49.8 Å². The van der Waals surface area contributed by atoms with Gasteiger partial charge in [0.2, 0.25) is 5.91 Å². The number of halogens is 3. The number of anilines is 1. The van der Waals surface area contributed by atoms with E-state index in [1.54, 1.807) is 44.5 Å². The minimum absolute atomic E-state index is 0.107. The Morgan fingerprint density at radius 3 is 2.38 bits per heavy atom. The van der Waals surface area contributed by atoms with Gasteiger partial charge in [-0.25, -0.2) is 9.37 Å². The predicted octanol–water partition coefficient (Wildman–Crippen LogP) is 4.99. The first-order valence-electron chi connectivity index (χ1n) is 12.4. The van der Waals surface area contributed by atoms with Crippen LogP contribution in [0.25, 0.3) is 0 Å². The topological polar surface area (TPSA) is 85.8 Å². The van der Waals surface area contributed by atoms with Gasteiger partial charge in [0.15, 0.2) is 5.78 Å². The van der Waals surface area contributed by atoms with Crippen molar-refractivity contribution in [2.24, 2.45) is 5.92 Å². The Bertz CT molecular complexity index is 1460. The molecule has 0 spiro atoms. The Morgan fingerprint density at radius 1 is 1.12 bits per heavy atom. The number of hydrogen-bond donors (Lipinski definition) is 0. The minimum Gasteiger partial charge on any atom is -0.497 e. The molecule has 0 radical (unpaired) electrons. The van der Waals surface area contributed by atoms with Gasteiger partial charge in [0.05, 0.1) is 13.0 Å². The Kier molecular flexibility index (Phi) is 8.72. The van der Waals surface area contributed by atoms with Crippen molar-refractivity contribution in [1.29, 1.82) is 0 Å². The van der Waals surface area contributed by atoms with E-state index in [4.69, 9.17) is 4.74 Å². The van der Waals surface area contributed by atoms with Gasteiger partial charge < -0.3 is 14.0 Å². The van der Waals surface area contributed by atoms with E-state index in [9.17, 15) is 22.9 Å². The van der Waals surface area contributed by atoms with Gasteiger partial charge >= 0.3 is 6.61 Å². The van der Waals surface area contributed by atoms with Crippen LogP contribution in [-0.2, 0) is 9.36 Å². The van der Waals surface area contributed by atoms with Crippen molar-refractivity contribution in [2.75, 3.05) is 25.3 Å². The smallest absolute Gasteiger partial charge is 0.387 e. The maximum absolute atomic E-state index is 15.5. The molecule has 212 valence electrons. The number of benzene rings is 2. The molecule has 2 heterocycles. The molecule has 0 saturated carbocycles. The molecule has 0 aliphatic carbocycles. The predicted molar refractivity (Wildman–Crippen MR) is 151 cm³/mol. The summed E-state index contributed by atoms with van der Waals surface area (Å²) in [4.78, 5) is 33.2. The second kappa shape index (κ2) is 11.7. The summed E-state index contributed by atoms with van der Waals surface area (Å²) in [5, 5.41) is 0.475. The van der Waals surface area contributed by atoms with Crippen LogP contribution < -0.4 is 25.1 Å². The van der Waals surface area contributed by atoms with Crippen LogP contribution in [0.2, 0.25) is 0 Å². The molecule has 0 N–H and O–H groups in total. The molecule has 2 aromatic carbocycles. The SMILES string of the molecule is COc1cc(F)c([C@H]2[C@H](CC(=O)c3ccc(OC(F)F)cc3)C(=O)N(c3cccc(P(C)(C)=O)n3)[C@H]2C)c(P)c1. The first-order valence-corrected chi connectivity index (χ1v) is 15.6. The molecule has 3 aromatic rings. The summed E-state index contributed by atoms with van der Waals surface area (Å²) in [6.07, 6.45) is -0.269. The van der Waals surface area contributed by atoms with E-state index in [1.165, 1.54) is 42.3 Å². The van der Waals surface area contributed by atoms with E-state index >= 15 is 4.39 Å². The number of hydrogen-bond acceptors (Lipinski definition) is 6. The van der Waals surface area contributed by atoms with E-state index in [0.29, 0.717) is 16.5 Å². The number of ketones is 1. The van der Waals surface area contributed by atoms with Crippen LogP contribution in [0.5, 0.6) is 11.5 Å². The summed E-state index contributed by atoms with van der Waals surface area (Å²) in [7, 11) is 1.13. The van der Waals surface area contributed by atoms with Gasteiger partial charge in [0.25, 0.3) is 0 Å². The lowest BCUT2D eigenvalue weighted by Crippen LogP contribution is -2.35. The van der Waals surface area contributed by atoms with Crippen molar-refractivity contribution in [2.45, 2.75) is 31.9 Å². The van der Waals surface area contributed by atoms with Crippen LogP contribution in [0, 0.1) is 11.7 Å². The van der Waals surface area contributed by atoms with Crippen molar-refractivity contribution in [3.63, 3.8) is 0 Å². The van der Waals surface area contributed by atoms with Gasteiger partial charge in [0.1, 0.15) is 35.7 Å². The van der Waals surface area contributed by atoms with Gasteiger partial charge in [-0.3, -0.25) is 14.5 Å². The molecule has 1 aromatic heterocycles. The third kappa shape index (κ3) is 6.08. The summed E-state index contributed by atoms with van der Waals surface area (Å²) < 4.78 is 62.8. The number of methoxy groups -OCH3 is 1. The maximum atomic E-state index is 15.5. The highest BCUT2D eigenvalue weighted by atomic mass is 31.2. The molecule has 1 unspecified atom stereocenters. The van der Waals surface area contributed by atoms with Crippen molar-refractivity contribution in [3.8, 4) is 11.5 Å². The molecule has 1 saturated heterocycles. The highest BCUT2D eigenvalue weighted by Crippen LogP contribution is 2.44. The number of alkyl halides is 2. The van der Waals surface area contributed by atoms with Crippen LogP contribution in [0.1, 0.15) is 35.2 Å². The monoisotopic (exact) mass is 592 g/mol. The molecule has 40 heavy (non-hydrogen) atoms. The number of Topliss-reactive ketones (excluding diaryl/α,β-unsaturated/α-hetero) is 1. The van der Waals surface area contributed by atoms with Crippen LogP contribution >= 0.6 is 16.4 Å². The fraction of sp³-hybridized carbons (Fsp3) is 0.321. The van der Waals surface area contributed by atoms with Crippen molar-refractivity contribution < 1.29 is 36.8 Å². The zero-order valence-electron chi connectivity index (χ0n) is 22.3. The number of carbonyl (C=O) groups is 2. The van der Waals surface area contributed by atoms with Gasteiger partial charge in [-0.1, -0.05) is 6.07 Å². The number of rotatable bonds is 9. The summed E-state index contributed by atoms with van der Waals surface area (Å²) in [6.45, 7) is 1.89. The third-order valence-electron chi connectivity index (χ3n) is 6.94. The number of carbonyl (C=O) groups excluding carboxylic acids is 2. The highest BCUT2D eigenvalue weighted by molar-refractivity contribution is 7.69. The number of ether oxygens (including phenoxy) is 2. The Balaban J connectivity index is 1.76. The molecular weight excluding hydrogens is 563 g/mol. The fourth-order valence-electron chi connectivity index (χ4n) is 5.08. The van der Waals surface area contributed by atoms with E-state index in [0.717, 1.165) is 0 Å². The normalized spacial score (nSPS) is 19.3. The largest absolute Gasteiger partial charge is 0.497 e. The van der Waals surface area contributed by atoms with Crippen LogP contribution in [0.4, 0.5) is 19.0 Å². The Morgan fingerprint density at radius 2 is 1.80 bits per heavy atom. The third-order valence-corrected chi connectivity index (χ3v) is 8.77. The molecule has 0 bridgehead atoms.